The number of nitrogens with two attached hydrogens (primary N) is 2. The van der Waals surface area contributed by atoms with Gasteiger partial charge in [-0.15, -0.1) is 0 Å². The minimum atomic E-state index is -0.600. The predicted molar refractivity (Wildman–Crippen MR) is 53.6 cm³/mol. The van der Waals surface area contributed by atoms with Crippen molar-refractivity contribution in [2.75, 3.05) is 12.0 Å². The maximum Gasteiger partial charge on any atom is 0.253 e. The predicted octanol–water partition coefficient (Wildman–Crippen LogP) is -1.42. The highest BCUT2D eigenvalue weighted by molar-refractivity contribution is 5.96. The summed E-state index contributed by atoms with van der Waals surface area (Å²) < 4.78 is 0. The van der Waals surface area contributed by atoms with E-state index >= 15 is 0 Å². The van der Waals surface area contributed by atoms with Crippen LogP contribution < -0.4 is 22.3 Å². The number of pyridine rings is 1. The van der Waals surface area contributed by atoms with Gasteiger partial charge in [0.25, 0.3) is 5.91 Å². The second-order valence-corrected chi connectivity index (χ2v) is 2.73. The fourth-order valence-corrected chi connectivity index (χ4v) is 0.883. The lowest BCUT2D eigenvalue weighted by Crippen LogP contribution is -2.33. The van der Waals surface area contributed by atoms with Gasteiger partial charge in [0.15, 0.2) is 0 Å². The van der Waals surface area contributed by atoms with Crippen LogP contribution in [-0.2, 0) is 4.79 Å². The van der Waals surface area contributed by atoms with Crippen molar-refractivity contribution in [2.45, 2.75) is 0 Å². The molecule has 0 bridgehead atoms. The van der Waals surface area contributed by atoms with E-state index in [-0.39, 0.29) is 6.54 Å². The van der Waals surface area contributed by atoms with Gasteiger partial charge in [-0.1, -0.05) is 0 Å². The van der Waals surface area contributed by atoms with Gasteiger partial charge in [0.2, 0.25) is 5.91 Å². The molecule has 0 unspecified atom stereocenters. The number of nitrogens with one attached hydrogen (secondary N) is 2. The number of hydrazine groups is 1. The molecule has 0 spiro atoms. The van der Waals surface area contributed by atoms with Crippen LogP contribution in [0.4, 0.5) is 5.82 Å². The van der Waals surface area contributed by atoms with Gasteiger partial charge in [0.05, 0.1) is 12.1 Å². The van der Waals surface area contributed by atoms with Crippen LogP contribution in [0.25, 0.3) is 0 Å². The molecule has 0 aromatic carbocycles. The smallest absolute Gasteiger partial charge is 0.253 e. The van der Waals surface area contributed by atoms with Crippen LogP contribution >= 0.6 is 0 Å². The van der Waals surface area contributed by atoms with Crippen molar-refractivity contribution in [1.82, 2.24) is 10.3 Å². The van der Waals surface area contributed by atoms with Gasteiger partial charge >= 0.3 is 0 Å². The highest BCUT2D eigenvalue weighted by Gasteiger charge is 2.06. The lowest BCUT2D eigenvalue weighted by atomic mass is 10.2. The lowest BCUT2D eigenvalue weighted by molar-refractivity contribution is -0.117. The summed E-state index contributed by atoms with van der Waals surface area (Å²) in [6.45, 7) is -0.199. The topological polar surface area (TPSA) is 123 Å². The normalized spacial score (nSPS) is 9.40. The molecule has 1 heterocycles. The van der Waals surface area contributed by atoms with E-state index in [1.807, 2.05) is 0 Å². The molecule has 80 valence electrons. The third-order valence-electron chi connectivity index (χ3n) is 1.60. The number of hydrogen-bond donors (Lipinski definition) is 4. The number of nitrogens with zero attached hydrogens (tertiary/aromatic N) is 1. The second kappa shape index (κ2) is 4.91. The van der Waals surface area contributed by atoms with Crippen molar-refractivity contribution < 1.29 is 9.59 Å². The first-order valence-electron chi connectivity index (χ1n) is 4.12. The monoisotopic (exact) mass is 209 g/mol. The molecule has 0 radical (unpaired) electrons. The summed E-state index contributed by atoms with van der Waals surface area (Å²) >= 11 is 0. The van der Waals surface area contributed by atoms with Crippen molar-refractivity contribution in [3.8, 4) is 0 Å². The first-order chi connectivity index (χ1) is 7.13. The number of nitrogen functional groups attached to an aromatic ring is 1. The van der Waals surface area contributed by atoms with Crippen LogP contribution in [-0.4, -0.2) is 23.3 Å². The molecule has 7 nitrogen and oxygen atoms in total. The van der Waals surface area contributed by atoms with Gasteiger partial charge in [-0.25, -0.2) is 10.8 Å². The number of aromatic nitrogens is 1. The maximum atomic E-state index is 11.3. The summed E-state index contributed by atoms with van der Waals surface area (Å²) in [6, 6.07) is 3.07. The summed E-state index contributed by atoms with van der Waals surface area (Å²) in [6.07, 6.45) is 1.34. The molecule has 1 aromatic heterocycles. The molecular formula is C8H11N5O2. The van der Waals surface area contributed by atoms with Crippen molar-refractivity contribution in [2.24, 2.45) is 11.6 Å². The van der Waals surface area contributed by atoms with E-state index < -0.39 is 11.8 Å². The Balaban J connectivity index is 2.62. The van der Waals surface area contributed by atoms with Crippen LogP contribution in [0.1, 0.15) is 10.4 Å². The molecule has 1 rings (SSSR count). The Morgan fingerprint density at radius 2 is 2.13 bits per heavy atom. The minimum Gasteiger partial charge on any atom is -0.368 e. The quantitative estimate of drug-likeness (QED) is 0.358. The molecule has 0 saturated heterocycles. The summed E-state index contributed by atoms with van der Waals surface area (Å²) in [5.41, 5.74) is 7.52. The fourth-order valence-electron chi connectivity index (χ4n) is 0.883. The molecule has 0 atom stereocenters. The zero-order valence-electron chi connectivity index (χ0n) is 7.86. The first kappa shape index (κ1) is 10.9. The average Bonchev–Trinajstić information content (AvgIpc) is 2.26. The number of rotatable bonds is 4. The van der Waals surface area contributed by atoms with Gasteiger partial charge in [0.1, 0.15) is 5.82 Å². The SMILES string of the molecule is NNc1ccc(C(=O)NCC(N)=O)cn1. The van der Waals surface area contributed by atoms with E-state index in [1.54, 1.807) is 6.07 Å². The molecule has 15 heavy (non-hydrogen) atoms. The fraction of sp³-hybridized carbons (Fsp3) is 0.125. The Hall–Kier alpha value is -2.15. The molecular weight excluding hydrogens is 198 g/mol. The Labute approximate surface area is 85.8 Å². The third kappa shape index (κ3) is 3.24. The standard InChI is InChI=1S/C8H11N5O2/c9-6(14)4-12-8(15)5-1-2-7(13-10)11-3-5/h1-3H,4,10H2,(H2,9,14)(H,11,13)(H,12,15). The zero-order chi connectivity index (χ0) is 11.3. The van der Waals surface area contributed by atoms with E-state index in [2.05, 4.69) is 15.7 Å². The van der Waals surface area contributed by atoms with E-state index in [9.17, 15) is 9.59 Å². The zero-order valence-corrected chi connectivity index (χ0v) is 7.86. The second-order valence-electron chi connectivity index (χ2n) is 2.73. The van der Waals surface area contributed by atoms with Gasteiger partial charge in [-0.05, 0) is 12.1 Å². The summed E-state index contributed by atoms with van der Waals surface area (Å²) in [5, 5.41) is 2.33. The lowest BCUT2D eigenvalue weighted by Gasteiger charge is -2.03. The number of carbonyl (C=O) groups is 2. The summed E-state index contributed by atoms with van der Waals surface area (Å²) in [4.78, 5) is 25.6. The largest absolute Gasteiger partial charge is 0.368 e. The molecule has 0 saturated carbocycles. The van der Waals surface area contributed by atoms with E-state index in [4.69, 9.17) is 11.6 Å². The number of carbonyl (C=O) groups excluding carboxylic acids is 2. The highest BCUT2D eigenvalue weighted by atomic mass is 16.2. The van der Waals surface area contributed by atoms with Gasteiger partial charge < -0.3 is 16.5 Å². The van der Waals surface area contributed by atoms with E-state index in [1.165, 1.54) is 12.3 Å². The summed E-state index contributed by atoms with van der Waals surface area (Å²) in [5.74, 6) is 4.53. The highest BCUT2D eigenvalue weighted by Crippen LogP contribution is 2.02. The van der Waals surface area contributed by atoms with Crippen LogP contribution in [0.2, 0.25) is 0 Å². The molecule has 7 heteroatoms. The summed E-state index contributed by atoms with van der Waals surface area (Å²) in [7, 11) is 0. The maximum absolute atomic E-state index is 11.3. The molecule has 2 amide bonds. The number of primary amides is 1. The first-order valence-corrected chi connectivity index (χ1v) is 4.12. The average molecular weight is 209 g/mol. The Bertz CT molecular complexity index is 362. The molecule has 0 aliphatic carbocycles. The van der Waals surface area contributed by atoms with E-state index in [0.29, 0.717) is 11.4 Å². The minimum absolute atomic E-state index is 0.199. The number of hydrogen-bond acceptors (Lipinski definition) is 5. The van der Waals surface area contributed by atoms with Gasteiger partial charge in [-0.2, -0.15) is 0 Å². The van der Waals surface area contributed by atoms with E-state index in [0.717, 1.165) is 0 Å². The Morgan fingerprint density at radius 1 is 1.40 bits per heavy atom. The van der Waals surface area contributed by atoms with Crippen molar-refractivity contribution in [1.29, 1.82) is 0 Å². The number of anilines is 1. The third-order valence-corrected chi connectivity index (χ3v) is 1.60. The van der Waals surface area contributed by atoms with Crippen LogP contribution in [0.3, 0.4) is 0 Å². The Kier molecular flexibility index (Phi) is 3.58. The Morgan fingerprint density at radius 3 is 2.60 bits per heavy atom. The van der Waals surface area contributed by atoms with Gasteiger partial charge in [-0.3, -0.25) is 9.59 Å². The van der Waals surface area contributed by atoms with Crippen LogP contribution in [0.15, 0.2) is 18.3 Å². The molecule has 0 fully saturated rings. The van der Waals surface area contributed by atoms with Crippen molar-refractivity contribution >= 4 is 17.6 Å². The molecule has 0 aliphatic rings. The van der Waals surface area contributed by atoms with Crippen LogP contribution in [0, 0.1) is 0 Å². The number of amides is 2. The van der Waals surface area contributed by atoms with Crippen molar-refractivity contribution in [3.05, 3.63) is 23.9 Å². The molecule has 6 N–H and O–H groups in total. The van der Waals surface area contributed by atoms with Crippen LogP contribution in [0.5, 0.6) is 0 Å². The molecule has 0 aliphatic heterocycles. The van der Waals surface area contributed by atoms with Gasteiger partial charge in [0, 0.05) is 6.20 Å². The van der Waals surface area contributed by atoms with Crippen molar-refractivity contribution in [3.63, 3.8) is 0 Å². The molecule has 1 aromatic rings.